The molecule has 0 aliphatic heterocycles. The zero-order valence-electron chi connectivity index (χ0n) is 35.7. The Bertz CT molecular complexity index is 946. The van der Waals surface area contributed by atoms with E-state index in [1.807, 2.05) is 0 Å². The van der Waals surface area contributed by atoms with Gasteiger partial charge < -0.3 is 14.2 Å². The Kier molecular flexibility index (Phi) is 43.0. The maximum atomic E-state index is 12.7. The fourth-order valence-corrected chi connectivity index (χ4v) is 6.18. The predicted molar refractivity (Wildman–Crippen MR) is 233 cm³/mol. The van der Waals surface area contributed by atoms with Crippen LogP contribution in [0.1, 0.15) is 213 Å². The molecule has 0 aromatic carbocycles. The molecule has 0 fully saturated rings. The van der Waals surface area contributed by atoms with E-state index >= 15 is 0 Å². The van der Waals surface area contributed by atoms with Crippen molar-refractivity contribution in [3.8, 4) is 0 Å². The van der Waals surface area contributed by atoms with Gasteiger partial charge in [-0.2, -0.15) is 0 Å². The van der Waals surface area contributed by atoms with Crippen molar-refractivity contribution in [2.45, 2.75) is 219 Å². The lowest BCUT2D eigenvalue weighted by Gasteiger charge is -2.18. The van der Waals surface area contributed by atoms with Crippen LogP contribution in [0.3, 0.4) is 0 Å². The second-order valence-corrected chi connectivity index (χ2v) is 14.9. The first kappa shape index (κ1) is 51.6. The predicted octanol–water partition coefficient (Wildman–Crippen LogP) is 15.0. The van der Waals surface area contributed by atoms with Gasteiger partial charge in [0, 0.05) is 19.4 Å². The summed E-state index contributed by atoms with van der Waals surface area (Å²) >= 11 is 0. The van der Waals surface area contributed by atoms with Crippen molar-refractivity contribution in [3.63, 3.8) is 0 Å². The largest absolute Gasteiger partial charge is 0.462 e. The molecule has 0 radical (unpaired) electrons. The SMILES string of the molecule is CC/C=C\C/C=C\C/C=C\C/C=C\C/C=C\CCCCCCOCC(COC(=O)CCCCCCCCCCC)OC(=O)CCCCCCCCCCC. The maximum Gasteiger partial charge on any atom is 0.306 e. The maximum absolute atomic E-state index is 12.7. The minimum atomic E-state index is -0.543. The number of carbonyl (C=O) groups is 2. The van der Waals surface area contributed by atoms with E-state index in [0.717, 1.165) is 77.0 Å². The Morgan fingerprint density at radius 3 is 1.33 bits per heavy atom. The van der Waals surface area contributed by atoms with E-state index < -0.39 is 6.10 Å². The van der Waals surface area contributed by atoms with Crippen LogP contribution < -0.4 is 0 Å². The van der Waals surface area contributed by atoms with E-state index in [2.05, 4.69) is 81.5 Å². The molecule has 0 amide bonds. The van der Waals surface area contributed by atoms with Gasteiger partial charge in [0.2, 0.25) is 0 Å². The molecule has 0 heterocycles. The lowest BCUT2D eigenvalue weighted by atomic mass is 10.1. The van der Waals surface area contributed by atoms with Crippen LogP contribution in [0.15, 0.2) is 60.8 Å². The third-order valence-electron chi connectivity index (χ3n) is 9.57. The first-order valence-electron chi connectivity index (χ1n) is 22.8. The lowest BCUT2D eigenvalue weighted by molar-refractivity contribution is -0.163. The summed E-state index contributed by atoms with van der Waals surface area (Å²) in [5.74, 6) is -0.415. The van der Waals surface area contributed by atoms with Crippen LogP contribution in [0.5, 0.6) is 0 Å². The molecule has 1 atom stereocenters. The molecule has 0 aliphatic rings. The van der Waals surface area contributed by atoms with Crippen molar-refractivity contribution in [1.82, 2.24) is 0 Å². The molecular formula is C49H86O5. The van der Waals surface area contributed by atoms with Gasteiger partial charge in [0.1, 0.15) is 6.61 Å². The highest BCUT2D eigenvalue weighted by Gasteiger charge is 2.17. The number of unbranched alkanes of at least 4 members (excludes halogenated alkanes) is 20. The smallest absolute Gasteiger partial charge is 0.306 e. The van der Waals surface area contributed by atoms with Gasteiger partial charge in [-0.1, -0.05) is 197 Å². The average Bonchev–Trinajstić information content (AvgIpc) is 3.17. The number of hydrogen-bond acceptors (Lipinski definition) is 5. The second kappa shape index (κ2) is 45.0. The molecule has 0 spiro atoms. The Hall–Kier alpha value is -2.40. The Morgan fingerprint density at radius 1 is 0.426 bits per heavy atom. The average molecular weight is 755 g/mol. The molecule has 5 nitrogen and oxygen atoms in total. The first-order valence-corrected chi connectivity index (χ1v) is 22.8. The van der Waals surface area contributed by atoms with Crippen molar-refractivity contribution in [1.29, 1.82) is 0 Å². The van der Waals surface area contributed by atoms with Gasteiger partial charge in [-0.05, 0) is 64.2 Å². The van der Waals surface area contributed by atoms with Crippen LogP contribution in [0.25, 0.3) is 0 Å². The fourth-order valence-electron chi connectivity index (χ4n) is 6.18. The van der Waals surface area contributed by atoms with Crippen molar-refractivity contribution in [3.05, 3.63) is 60.8 Å². The standard InChI is InChI=1S/C49H86O5/c1-4-7-10-13-16-19-20-21-22-23-24-25-26-27-28-29-32-35-38-41-44-52-45-47(54-49(51)43-40-37-34-31-18-15-12-9-6-3)46-53-48(50)42-39-36-33-30-17-14-11-8-5-2/h7,10,16,19,21-22,24-25,27-28,47H,4-6,8-9,11-15,17-18,20,23,26,29-46H2,1-3H3/b10-7-,19-16-,22-21-,25-24-,28-27-. The molecule has 5 heteroatoms. The number of ether oxygens (including phenoxy) is 3. The fraction of sp³-hybridized carbons (Fsp3) is 0.755. The van der Waals surface area contributed by atoms with Gasteiger partial charge in [-0.15, -0.1) is 0 Å². The second-order valence-electron chi connectivity index (χ2n) is 14.9. The quantitative estimate of drug-likeness (QED) is 0.0353. The Labute approximate surface area is 334 Å². The highest BCUT2D eigenvalue weighted by Crippen LogP contribution is 2.13. The van der Waals surface area contributed by atoms with Crippen LogP contribution in [0.4, 0.5) is 0 Å². The molecule has 312 valence electrons. The molecule has 0 aromatic rings. The molecular weight excluding hydrogens is 669 g/mol. The van der Waals surface area contributed by atoms with Crippen LogP contribution in [-0.4, -0.2) is 37.9 Å². The summed E-state index contributed by atoms with van der Waals surface area (Å²) in [6.07, 6.45) is 55.1. The highest BCUT2D eigenvalue weighted by molar-refractivity contribution is 5.70. The van der Waals surface area contributed by atoms with Crippen molar-refractivity contribution in [2.75, 3.05) is 19.8 Å². The molecule has 0 aliphatic carbocycles. The van der Waals surface area contributed by atoms with Gasteiger partial charge in [0.25, 0.3) is 0 Å². The minimum absolute atomic E-state index is 0.0764. The molecule has 0 saturated carbocycles. The molecule has 0 rings (SSSR count). The zero-order chi connectivity index (χ0) is 39.3. The Morgan fingerprint density at radius 2 is 0.833 bits per heavy atom. The van der Waals surface area contributed by atoms with Crippen molar-refractivity contribution < 1.29 is 23.8 Å². The topological polar surface area (TPSA) is 61.8 Å². The normalized spacial score (nSPS) is 12.7. The van der Waals surface area contributed by atoms with Crippen LogP contribution >= 0.6 is 0 Å². The number of carbonyl (C=O) groups excluding carboxylic acids is 2. The molecule has 0 saturated heterocycles. The van der Waals surface area contributed by atoms with Crippen molar-refractivity contribution >= 4 is 11.9 Å². The van der Waals surface area contributed by atoms with Crippen molar-refractivity contribution in [2.24, 2.45) is 0 Å². The molecule has 0 aromatic heterocycles. The van der Waals surface area contributed by atoms with E-state index in [1.165, 1.54) is 103 Å². The van der Waals surface area contributed by atoms with E-state index in [4.69, 9.17) is 14.2 Å². The van der Waals surface area contributed by atoms with E-state index in [-0.39, 0.29) is 25.2 Å². The summed E-state index contributed by atoms with van der Waals surface area (Å²) < 4.78 is 17.2. The van der Waals surface area contributed by atoms with E-state index in [9.17, 15) is 9.59 Å². The summed E-state index contributed by atoms with van der Waals surface area (Å²) in [4.78, 5) is 25.1. The number of allylic oxidation sites excluding steroid dienone is 10. The third-order valence-corrected chi connectivity index (χ3v) is 9.57. The molecule has 1 unspecified atom stereocenters. The van der Waals surface area contributed by atoms with Gasteiger partial charge in [-0.25, -0.2) is 0 Å². The van der Waals surface area contributed by atoms with Gasteiger partial charge in [0.15, 0.2) is 6.10 Å². The zero-order valence-corrected chi connectivity index (χ0v) is 35.7. The number of esters is 2. The summed E-state index contributed by atoms with van der Waals surface area (Å²) in [7, 11) is 0. The first-order chi connectivity index (χ1) is 26.6. The van der Waals surface area contributed by atoms with Gasteiger partial charge >= 0.3 is 11.9 Å². The minimum Gasteiger partial charge on any atom is -0.462 e. The van der Waals surface area contributed by atoms with Crippen LogP contribution in [-0.2, 0) is 23.8 Å². The molecule has 54 heavy (non-hydrogen) atoms. The van der Waals surface area contributed by atoms with Crippen LogP contribution in [0, 0.1) is 0 Å². The summed E-state index contributed by atoms with van der Waals surface area (Å²) in [5.41, 5.74) is 0. The monoisotopic (exact) mass is 755 g/mol. The van der Waals surface area contributed by atoms with Crippen LogP contribution in [0.2, 0.25) is 0 Å². The van der Waals surface area contributed by atoms with E-state index in [0.29, 0.717) is 19.4 Å². The lowest BCUT2D eigenvalue weighted by Crippen LogP contribution is -2.30. The Balaban J connectivity index is 4.22. The number of rotatable bonds is 41. The number of hydrogen-bond donors (Lipinski definition) is 0. The third kappa shape index (κ3) is 42.3. The van der Waals surface area contributed by atoms with E-state index in [1.54, 1.807) is 0 Å². The molecule has 0 N–H and O–H groups in total. The van der Waals surface area contributed by atoms with Gasteiger partial charge in [-0.3, -0.25) is 9.59 Å². The highest BCUT2D eigenvalue weighted by atomic mass is 16.6. The summed E-state index contributed by atoms with van der Waals surface area (Å²) in [6, 6.07) is 0. The van der Waals surface area contributed by atoms with Gasteiger partial charge in [0.05, 0.1) is 6.61 Å². The summed E-state index contributed by atoms with van der Waals surface area (Å²) in [5, 5.41) is 0. The summed E-state index contributed by atoms with van der Waals surface area (Å²) in [6.45, 7) is 7.63. The molecule has 0 bridgehead atoms.